The first-order valence-corrected chi connectivity index (χ1v) is 13.9. The van der Waals surface area contributed by atoms with Crippen LogP contribution in [0.15, 0.2) is 114 Å². The summed E-state index contributed by atoms with van der Waals surface area (Å²) in [5.41, 5.74) is 1.56. The number of nitrogens with one attached hydrogen (secondary N) is 3. The number of hydrogen-bond acceptors (Lipinski definition) is 4. The molecule has 4 aromatic carbocycles. The monoisotopic (exact) mass is 651 g/mol. The Labute approximate surface area is 243 Å². The van der Waals surface area contributed by atoms with Gasteiger partial charge in [-0.3, -0.25) is 14.4 Å². The third kappa shape index (κ3) is 8.52. The maximum Gasteiger partial charge on any atom is 0.272 e. The molecule has 0 saturated heterocycles. The molecule has 0 bridgehead atoms. The number of amides is 3. The Kier molecular flexibility index (Phi) is 9.87. The lowest BCUT2D eigenvalue weighted by Gasteiger charge is -2.12. The Morgan fingerprint density at radius 1 is 0.795 bits per heavy atom. The van der Waals surface area contributed by atoms with Gasteiger partial charge in [0.05, 0.1) is 5.75 Å². The Morgan fingerprint density at radius 2 is 1.51 bits per heavy atom. The van der Waals surface area contributed by atoms with E-state index in [1.165, 1.54) is 30.0 Å². The highest BCUT2D eigenvalue weighted by molar-refractivity contribution is 14.1. The normalized spacial score (nSPS) is 11.0. The first kappa shape index (κ1) is 28.1. The van der Waals surface area contributed by atoms with Crippen molar-refractivity contribution in [2.45, 2.75) is 4.90 Å². The molecule has 4 aromatic rings. The van der Waals surface area contributed by atoms with Gasteiger partial charge >= 0.3 is 0 Å². The van der Waals surface area contributed by atoms with E-state index < -0.39 is 17.6 Å². The minimum Gasteiger partial charge on any atom is -0.325 e. The van der Waals surface area contributed by atoms with Gasteiger partial charge in [0.15, 0.2) is 0 Å². The molecule has 0 aliphatic rings. The van der Waals surface area contributed by atoms with E-state index in [-0.39, 0.29) is 22.9 Å². The van der Waals surface area contributed by atoms with Gasteiger partial charge in [0.2, 0.25) is 5.91 Å². The first-order valence-electron chi connectivity index (χ1n) is 11.8. The fourth-order valence-electron chi connectivity index (χ4n) is 3.43. The predicted molar refractivity (Wildman–Crippen MR) is 162 cm³/mol. The van der Waals surface area contributed by atoms with Crippen LogP contribution in [-0.2, 0) is 9.59 Å². The van der Waals surface area contributed by atoms with Crippen LogP contribution < -0.4 is 16.0 Å². The molecule has 196 valence electrons. The van der Waals surface area contributed by atoms with Crippen molar-refractivity contribution in [2.24, 2.45) is 0 Å². The maximum absolute atomic E-state index is 14.3. The lowest BCUT2D eigenvalue weighted by molar-refractivity contribution is -0.114. The van der Waals surface area contributed by atoms with E-state index in [1.54, 1.807) is 60.7 Å². The van der Waals surface area contributed by atoms with Crippen LogP contribution in [0.4, 0.5) is 15.8 Å². The summed E-state index contributed by atoms with van der Waals surface area (Å²) >= 11 is 3.51. The molecule has 0 spiro atoms. The molecule has 9 heteroatoms. The minimum atomic E-state index is -0.624. The van der Waals surface area contributed by atoms with Gasteiger partial charge in [0.25, 0.3) is 11.8 Å². The second-order valence-electron chi connectivity index (χ2n) is 8.23. The number of thioether (sulfide) groups is 1. The van der Waals surface area contributed by atoms with E-state index in [0.717, 1.165) is 8.47 Å². The van der Waals surface area contributed by atoms with Crippen molar-refractivity contribution in [2.75, 3.05) is 16.4 Å². The highest BCUT2D eigenvalue weighted by atomic mass is 127. The summed E-state index contributed by atoms with van der Waals surface area (Å²) in [6, 6.07) is 28.9. The van der Waals surface area contributed by atoms with Crippen molar-refractivity contribution in [3.63, 3.8) is 0 Å². The Balaban J connectivity index is 1.45. The van der Waals surface area contributed by atoms with E-state index in [4.69, 9.17) is 0 Å². The molecule has 0 aliphatic heterocycles. The average molecular weight is 652 g/mol. The standard InChI is InChI=1S/C30H23FIN3O3S/c31-26-12-5-4-9-21(26)17-27(35-29(37)20-7-2-1-3-8-20)30(38)34-24-10-6-11-25(18-24)39-19-28(36)33-23-15-13-22(32)14-16-23/h1-18H,19H2,(H,33,36)(H,34,38)(H,35,37)/b27-17-. The number of halogens is 2. The topological polar surface area (TPSA) is 87.3 Å². The second kappa shape index (κ2) is 13.7. The van der Waals surface area contributed by atoms with Gasteiger partial charge < -0.3 is 16.0 Å². The largest absolute Gasteiger partial charge is 0.325 e. The zero-order valence-electron chi connectivity index (χ0n) is 20.5. The van der Waals surface area contributed by atoms with Crippen LogP contribution in [0.3, 0.4) is 0 Å². The number of benzene rings is 4. The fourth-order valence-corrected chi connectivity index (χ4v) is 4.55. The van der Waals surface area contributed by atoms with Crippen LogP contribution in [0.1, 0.15) is 15.9 Å². The summed E-state index contributed by atoms with van der Waals surface area (Å²) in [6.07, 6.45) is 1.29. The van der Waals surface area contributed by atoms with Crippen molar-refractivity contribution in [1.82, 2.24) is 5.32 Å². The molecule has 0 heterocycles. The molecule has 0 radical (unpaired) electrons. The molecule has 3 amide bonds. The number of carbonyl (C=O) groups excluding carboxylic acids is 3. The van der Waals surface area contributed by atoms with Crippen LogP contribution in [-0.4, -0.2) is 23.5 Å². The number of hydrogen-bond donors (Lipinski definition) is 3. The smallest absolute Gasteiger partial charge is 0.272 e. The molecular formula is C30H23FIN3O3S. The molecular weight excluding hydrogens is 628 g/mol. The van der Waals surface area contributed by atoms with E-state index in [1.807, 2.05) is 30.3 Å². The van der Waals surface area contributed by atoms with Gasteiger partial charge in [0.1, 0.15) is 11.5 Å². The van der Waals surface area contributed by atoms with Gasteiger partial charge in [0, 0.05) is 31.0 Å². The Morgan fingerprint density at radius 3 is 2.26 bits per heavy atom. The molecule has 0 atom stereocenters. The van der Waals surface area contributed by atoms with Gasteiger partial charge in [-0.15, -0.1) is 11.8 Å². The average Bonchev–Trinajstić information content (AvgIpc) is 2.94. The summed E-state index contributed by atoms with van der Waals surface area (Å²) in [7, 11) is 0. The first-order chi connectivity index (χ1) is 18.9. The third-order valence-electron chi connectivity index (χ3n) is 5.32. The van der Waals surface area contributed by atoms with Gasteiger partial charge in [-0.25, -0.2) is 4.39 Å². The van der Waals surface area contributed by atoms with Crippen molar-refractivity contribution >= 4 is 69.5 Å². The quantitative estimate of drug-likeness (QED) is 0.109. The fraction of sp³-hybridized carbons (Fsp3) is 0.0333. The van der Waals surface area contributed by atoms with E-state index in [2.05, 4.69) is 38.5 Å². The van der Waals surface area contributed by atoms with E-state index in [0.29, 0.717) is 16.9 Å². The van der Waals surface area contributed by atoms with Crippen molar-refractivity contribution in [3.8, 4) is 0 Å². The summed E-state index contributed by atoms with van der Waals surface area (Å²) in [6.45, 7) is 0. The SMILES string of the molecule is O=C(CSc1cccc(NC(=O)/C(=C/c2ccccc2F)NC(=O)c2ccccc2)c1)Nc1ccc(I)cc1. The van der Waals surface area contributed by atoms with Crippen molar-refractivity contribution < 1.29 is 18.8 Å². The molecule has 0 aliphatic carbocycles. The number of rotatable bonds is 9. The number of anilines is 2. The van der Waals surface area contributed by atoms with Crippen LogP contribution in [0.5, 0.6) is 0 Å². The molecule has 0 aromatic heterocycles. The Bertz CT molecular complexity index is 1510. The van der Waals surface area contributed by atoms with Crippen LogP contribution in [0.25, 0.3) is 6.08 Å². The molecule has 6 nitrogen and oxygen atoms in total. The highest BCUT2D eigenvalue weighted by Crippen LogP contribution is 2.23. The lowest BCUT2D eigenvalue weighted by atomic mass is 10.1. The number of carbonyl (C=O) groups is 3. The molecule has 0 saturated carbocycles. The van der Waals surface area contributed by atoms with E-state index in [9.17, 15) is 18.8 Å². The zero-order chi connectivity index (χ0) is 27.6. The molecule has 0 fully saturated rings. The van der Waals surface area contributed by atoms with Gasteiger partial charge in [-0.1, -0.05) is 42.5 Å². The molecule has 4 rings (SSSR count). The third-order valence-corrected chi connectivity index (χ3v) is 7.04. The van der Waals surface area contributed by atoms with Crippen LogP contribution in [0.2, 0.25) is 0 Å². The molecule has 0 unspecified atom stereocenters. The van der Waals surface area contributed by atoms with Crippen LogP contribution >= 0.6 is 34.4 Å². The highest BCUT2D eigenvalue weighted by Gasteiger charge is 2.16. The minimum absolute atomic E-state index is 0.121. The van der Waals surface area contributed by atoms with Gasteiger partial charge in [-0.2, -0.15) is 0 Å². The summed E-state index contributed by atoms with van der Waals surface area (Å²) in [5.74, 6) is -1.64. The van der Waals surface area contributed by atoms with Gasteiger partial charge in [-0.05, 0) is 89.3 Å². The van der Waals surface area contributed by atoms with Crippen LogP contribution in [0, 0.1) is 9.39 Å². The molecule has 39 heavy (non-hydrogen) atoms. The maximum atomic E-state index is 14.3. The van der Waals surface area contributed by atoms with Crippen molar-refractivity contribution in [1.29, 1.82) is 0 Å². The van der Waals surface area contributed by atoms with E-state index >= 15 is 0 Å². The zero-order valence-corrected chi connectivity index (χ0v) is 23.5. The Hall–Kier alpha value is -3.96. The van der Waals surface area contributed by atoms with Crippen molar-refractivity contribution in [3.05, 3.63) is 129 Å². The predicted octanol–water partition coefficient (Wildman–Crippen LogP) is 6.57. The summed E-state index contributed by atoms with van der Waals surface area (Å²) < 4.78 is 15.4. The lowest BCUT2D eigenvalue weighted by Crippen LogP contribution is -2.30. The summed E-state index contributed by atoms with van der Waals surface area (Å²) in [5, 5.41) is 8.20. The molecule has 3 N–H and O–H groups in total. The summed E-state index contributed by atoms with van der Waals surface area (Å²) in [4.78, 5) is 39.1. The second-order valence-corrected chi connectivity index (χ2v) is 10.5.